The zero-order valence-electron chi connectivity index (χ0n) is 9.85. The van der Waals surface area contributed by atoms with Crippen molar-refractivity contribution in [2.75, 3.05) is 7.11 Å². The summed E-state index contributed by atoms with van der Waals surface area (Å²) in [6, 6.07) is 10.5. The van der Waals surface area contributed by atoms with Crippen LogP contribution in [0.15, 0.2) is 40.9 Å². The lowest BCUT2D eigenvalue weighted by molar-refractivity contribution is 0.370. The number of para-hydroxylation sites is 1. The van der Waals surface area contributed by atoms with Gasteiger partial charge in [-0.1, -0.05) is 28.1 Å². The van der Waals surface area contributed by atoms with Crippen molar-refractivity contribution in [1.82, 2.24) is 0 Å². The van der Waals surface area contributed by atoms with E-state index in [-0.39, 0.29) is 11.5 Å². The molecule has 0 spiro atoms. The Hall–Kier alpha value is -1.68. The van der Waals surface area contributed by atoms with Crippen LogP contribution in [0.3, 0.4) is 0 Å². The lowest BCUT2D eigenvalue weighted by Crippen LogP contribution is -1.94. The minimum Gasteiger partial charge on any atom is -0.508 e. The molecule has 0 amide bonds. The van der Waals surface area contributed by atoms with Gasteiger partial charge in [-0.15, -0.1) is 0 Å². The fraction of sp³-hybridized carbons (Fsp3) is 0.143. The largest absolute Gasteiger partial charge is 0.508 e. The van der Waals surface area contributed by atoms with Crippen LogP contribution in [-0.2, 0) is 6.42 Å². The molecule has 0 aromatic heterocycles. The number of hydrogen-bond acceptors (Lipinski definition) is 3. The van der Waals surface area contributed by atoms with Crippen LogP contribution in [0, 0.1) is 0 Å². The average molecular weight is 309 g/mol. The first-order valence-electron chi connectivity index (χ1n) is 5.43. The number of ether oxygens (including phenoxy) is 1. The summed E-state index contributed by atoms with van der Waals surface area (Å²) in [5.74, 6) is 0.796. The first-order valence-corrected chi connectivity index (χ1v) is 6.22. The number of methoxy groups -OCH3 is 1. The van der Waals surface area contributed by atoms with Crippen LogP contribution in [0.4, 0.5) is 0 Å². The Morgan fingerprint density at radius 1 is 1.17 bits per heavy atom. The van der Waals surface area contributed by atoms with E-state index in [1.165, 1.54) is 7.11 Å². The van der Waals surface area contributed by atoms with Crippen LogP contribution >= 0.6 is 15.9 Å². The van der Waals surface area contributed by atoms with Crippen molar-refractivity contribution in [3.63, 3.8) is 0 Å². The number of rotatable bonds is 3. The summed E-state index contributed by atoms with van der Waals surface area (Å²) in [6.07, 6.45) is 0.574. The summed E-state index contributed by atoms with van der Waals surface area (Å²) in [7, 11) is 1.52. The SMILES string of the molecule is COc1c(O)cccc1Cc1cc(O)cc(Br)c1. The van der Waals surface area contributed by atoms with Crippen molar-refractivity contribution in [2.45, 2.75) is 6.42 Å². The summed E-state index contributed by atoms with van der Waals surface area (Å²) in [5, 5.41) is 19.2. The normalized spacial score (nSPS) is 10.3. The van der Waals surface area contributed by atoms with Crippen LogP contribution in [0.1, 0.15) is 11.1 Å². The van der Waals surface area contributed by atoms with E-state index in [0.29, 0.717) is 12.2 Å². The Morgan fingerprint density at radius 2 is 1.94 bits per heavy atom. The van der Waals surface area contributed by atoms with Crippen LogP contribution in [0.25, 0.3) is 0 Å². The van der Waals surface area contributed by atoms with Gasteiger partial charge in [0.05, 0.1) is 7.11 Å². The molecule has 0 atom stereocenters. The molecule has 2 rings (SSSR count). The standard InChI is InChI=1S/C14H13BrO3/c1-18-14-10(3-2-4-13(14)17)5-9-6-11(15)8-12(16)7-9/h2-4,6-8,16-17H,5H2,1H3. The molecule has 0 aliphatic carbocycles. The Balaban J connectivity index is 2.36. The number of benzene rings is 2. The first kappa shape index (κ1) is 12.8. The molecular weight excluding hydrogens is 296 g/mol. The monoisotopic (exact) mass is 308 g/mol. The van der Waals surface area contributed by atoms with Gasteiger partial charge in [-0.2, -0.15) is 0 Å². The summed E-state index contributed by atoms with van der Waals surface area (Å²) in [4.78, 5) is 0. The minimum atomic E-state index is 0.120. The van der Waals surface area contributed by atoms with Gasteiger partial charge in [0.1, 0.15) is 5.75 Å². The molecule has 0 radical (unpaired) electrons. The molecule has 0 aliphatic heterocycles. The van der Waals surface area contributed by atoms with Crippen molar-refractivity contribution in [3.05, 3.63) is 52.0 Å². The smallest absolute Gasteiger partial charge is 0.163 e. The molecule has 18 heavy (non-hydrogen) atoms. The summed E-state index contributed by atoms with van der Waals surface area (Å²) < 4.78 is 6.00. The number of phenolic OH excluding ortho intramolecular Hbond substituents is 2. The highest BCUT2D eigenvalue weighted by Crippen LogP contribution is 2.32. The van der Waals surface area contributed by atoms with Gasteiger partial charge in [0.15, 0.2) is 11.5 Å². The third kappa shape index (κ3) is 2.76. The van der Waals surface area contributed by atoms with Gasteiger partial charge in [0.2, 0.25) is 0 Å². The maximum atomic E-state index is 9.69. The number of aromatic hydroxyl groups is 2. The van der Waals surface area contributed by atoms with E-state index in [2.05, 4.69) is 15.9 Å². The van der Waals surface area contributed by atoms with E-state index in [1.807, 2.05) is 12.1 Å². The lowest BCUT2D eigenvalue weighted by Gasteiger charge is -2.10. The topological polar surface area (TPSA) is 49.7 Å². The molecule has 0 bridgehead atoms. The summed E-state index contributed by atoms with van der Waals surface area (Å²) >= 11 is 3.34. The predicted molar refractivity (Wildman–Crippen MR) is 73.3 cm³/mol. The maximum Gasteiger partial charge on any atom is 0.163 e. The van der Waals surface area contributed by atoms with Crippen molar-refractivity contribution in [3.8, 4) is 17.2 Å². The third-order valence-electron chi connectivity index (χ3n) is 2.62. The van der Waals surface area contributed by atoms with Crippen molar-refractivity contribution >= 4 is 15.9 Å². The van der Waals surface area contributed by atoms with Gasteiger partial charge < -0.3 is 14.9 Å². The second-order valence-electron chi connectivity index (χ2n) is 3.96. The predicted octanol–water partition coefficient (Wildman–Crippen LogP) is 3.46. The van der Waals surface area contributed by atoms with E-state index in [9.17, 15) is 10.2 Å². The highest BCUT2D eigenvalue weighted by molar-refractivity contribution is 9.10. The van der Waals surface area contributed by atoms with Crippen molar-refractivity contribution in [2.24, 2.45) is 0 Å². The summed E-state index contributed by atoms with van der Waals surface area (Å²) in [5.41, 5.74) is 1.81. The van der Waals surface area contributed by atoms with Crippen LogP contribution in [0.2, 0.25) is 0 Å². The fourth-order valence-corrected chi connectivity index (χ4v) is 2.43. The molecule has 4 heteroatoms. The number of phenols is 2. The molecule has 2 N–H and O–H groups in total. The van der Waals surface area contributed by atoms with Gasteiger partial charge in [-0.25, -0.2) is 0 Å². The van der Waals surface area contributed by atoms with E-state index in [0.717, 1.165) is 15.6 Å². The van der Waals surface area contributed by atoms with Gasteiger partial charge >= 0.3 is 0 Å². The molecule has 0 saturated heterocycles. The molecule has 2 aromatic rings. The van der Waals surface area contributed by atoms with E-state index < -0.39 is 0 Å². The first-order chi connectivity index (χ1) is 8.60. The van der Waals surface area contributed by atoms with E-state index >= 15 is 0 Å². The fourth-order valence-electron chi connectivity index (χ4n) is 1.90. The van der Waals surface area contributed by atoms with Gasteiger partial charge in [-0.3, -0.25) is 0 Å². The second kappa shape index (κ2) is 5.31. The molecule has 0 fully saturated rings. The van der Waals surface area contributed by atoms with Gasteiger partial charge in [0, 0.05) is 16.5 Å². The Kier molecular flexibility index (Phi) is 3.77. The van der Waals surface area contributed by atoms with Gasteiger partial charge in [0.25, 0.3) is 0 Å². The lowest BCUT2D eigenvalue weighted by atomic mass is 10.0. The highest BCUT2D eigenvalue weighted by atomic mass is 79.9. The Morgan fingerprint density at radius 3 is 2.61 bits per heavy atom. The number of hydrogen-bond donors (Lipinski definition) is 2. The second-order valence-corrected chi connectivity index (χ2v) is 4.88. The van der Waals surface area contributed by atoms with Crippen LogP contribution in [-0.4, -0.2) is 17.3 Å². The minimum absolute atomic E-state index is 0.120. The van der Waals surface area contributed by atoms with Gasteiger partial charge in [-0.05, 0) is 29.8 Å². The average Bonchev–Trinajstić information content (AvgIpc) is 2.27. The third-order valence-corrected chi connectivity index (χ3v) is 3.07. The van der Waals surface area contributed by atoms with Crippen LogP contribution in [0.5, 0.6) is 17.2 Å². The molecule has 0 aliphatic rings. The zero-order chi connectivity index (χ0) is 13.1. The Bertz CT molecular complexity index is 547. The highest BCUT2D eigenvalue weighted by Gasteiger charge is 2.09. The molecule has 0 heterocycles. The van der Waals surface area contributed by atoms with Crippen molar-refractivity contribution in [1.29, 1.82) is 0 Å². The quantitative estimate of drug-likeness (QED) is 0.913. The zero-order valence-corrected chi connectivity index (χ0v) is 11.4. The van der Waals surface area contributed by atoms with Crippen molar-refractivity contribution < 1.29 is 14.9 Å². The van der Waals surface area contributed by atoms with Crippen LogP contribution < -0.4 is 4.74 Å². The Labute approximate surface area is 114 Å². The summed E-state index contributed by atoms with van der Waals surface area (Å²) in [6.45, 7) is 0. The molecule has 0 saturated carbocycles. The molecule has 94 valence electrons. The number of halogens is 1. The molecular formula is C14H13BrO3. The molecule has 2 aromatic carbocycles. The maximum absolute atomic E-state index is 9.69. The van der Waals surface area contributed by atoms with E-state index in [4.69, 9.17) is 4.74 Å². The molecule has 0 unspecified atom stereocenters. The molecule has 3 nitrogen and oxygen atoms in total. The van der Waals surface area contributed by atoms with E-state index in [1.54, 1.807) is 24.3 Å².